The molecule has 4 rings (SSSR count). The molecule has 0 atom stereocenters. The van der Waals surface area contributed by atoms with Gasteiger partial charge in [0.25, 0.3) is 5.91 Å². The number of aromatic nitrogens is 1. The minimum Gasteiger partial charge on any atom is -0.497 e. The first kappa shape index (κ1) is 20.8. The van der Waals surface area contributed by atoms with Gasteiger partial charge >= 0.3 is 0 Å². The van der Waals surface area contributed by atoms with E-state index in [1.807, 2.05) is 18.2 Å². The van der Waals surface area contributed by atoms with Crippen molar-refractivity contribution in [2.75, 3.05) is 20.2 Å². The Labute approximate surface area is 180 Å². The van der Waals surface area contributed by atoms with E-state index >= 15 is 0 Å². The second-order valence-corrected chi connectivity index (χ2v) is 10.7. The van der Waals surface area contributed by atoms with Gasteiger partial charge in [-0.1, -0.05) is 6.92 Å². The lowest BCUT2D eigenvalue weighted by atomic mass is 10.1. The lowest BCUT2D eigenvalue weighted by molar-refractivity contribution is 0.0726. The molecule has 1 saturated heterocycles. The Morgan fingerprint density at radius 1 is 1.17 bits per heavy atom. The zero-order valence-electron chi connectivity index (χ0n) is 17.0. The fraction of sp³-hybridized carbons (Fsp3) is 0.364. The van der Waals surface area contributed by atoms with Crippen molar-refractivity contribution in [1.29, 1.82) is 0 Å². The second-order valence-electron chi connectivity index (χ2n) is 7.36. The van der Waals surface area contributed by atoms with Crippen molar-refractivity contribution < 1.29 is 17.9 Å². The molecule has 0 saturated carbocycles. The van der Waals surface area contributed by atoms with Crippen LogP contribution in [0.5, 0.6) is 5.75 Å². The zero-order valence-corrected chi connectivity index (χ0v) is 18.6. The van der Waals surface area contributed by atoms with Crippen molar-refractivity contribution in [2.24, 2.45) is 0 Å². The largest absolute Gasteiger partial charge is 0.497 e. The number of likely N-dealkylation sites (tertiary alicyclic amines) is 1. The van der Waals surface area contributed by atoms with E-state index in [9.17, 15) is 13.2 Å². The number of benzene rings is 2. The highest BCUT2D eigenvalue weighted by atomic mass is 32.2. The lowest BCUT2D eigenvalue weighted by Crippen LogP contribution is -2.42. The highest BCUT2D eigenvalue weighted by Gasteiger charge is 2.33. The summed E-state index contributed by atoms with van der Waals surface area (Å²) in [7, 11) is -1.88. The first-order valence-corrected chi connectivity index (χ1v) is 12.4. The van der Waals surface area contributed by atoms with Gasteiger partial charge in [-0.2, -0.15) is 0 Å². The topological polar surface area (TPSA) is 76.6 Å². The van der Waals surface area contributed by atoms with Crippen molar-refractivity contribution in [1.82, 2.24) is 9.88 Å². The van der Waals surface area contributed by atoms with Gasteiger partial charge in [0.15, 0.2) is 9.84 Å². The van der Waals surface area contributed by atoms with Crippen molar-refractivity contribution in [3.05, 3.63) is 53.0 Å². The summed E-state index contributed by atoms with van der Waals surface area (Å²) in [4.78, 5) is 19.6. The zero-order chi connectivity index (χ0) is 21.3. The molecule has 30 heavy (non-hydrogen) atoms. The third kappa shape index (κ3) is 3.94. The quantitative estimate of drug-likeness (QED) is 0.596. The average molecular weight is 445 g/mol. The maximum absolute atomic E-state index is 13.0. The molecule has 8 heteroatoms. The van der Waals surface area contributed by atoms with Crippen LogP contribution in [-0.2, 0) is 16.3 Å². The van der Waals surface area contributed by atoms with Crippen LogP contribution in [0.1, 0.15) is 35.1 Å². The van der Waals surface area contributed by atoms with Gasteiger partial charge in [0, 0.05) is 18.7 Å². The van der Waals surface area contributed by atoms with Crippen LogP contribution in [0.25, 0.3) is 10.2 Å². The van der Waals surface area contributed by atoms with Crippen LogP contribution < -0.4 is 4.74 Å². The van der Waals surface area contributed by atoms with Crippen molar-refractivity contribution >= 4 is 37.3 Å². The Morgan fingerprint density at radius 3 is 2.50 bits per heavy atom. The van der Waals surface area contributed by atoms with Gasteiger partial charge in [-0.15, -0.1) is 11.3 Å². The van der Waals surface area contributed by atoms with E-state index in [0.29, 0.717) is 42.1 Å². The van der Waals surface area contributed by atoms with Gasteiger partial charge in [0.2, 0.25) is 0 Å². The van der Waals surface area contributed by atoms with Crippen LogP contribution in [0.2, 0.25) is 0 Å². The first-order valence-electron chi connectivity index (χ1n) is 9.99. The second kappa shape index (κ2) is 8.35. The Bertz CT molecular complexity index is 1160. The van der Waals surface area contributed by atoms with Gasteiger partial charge in [0.05, 0.1) is 32.5 Å². The summed E-state index contributed by atoms with van der Waals surface area (Å²) in [5, 5.41) is 0.574. The predicted molar refractivity (Wildman–Crippen MR) is 118 cm³/mol. The SMILES string of the molecule is CCc1nc2ccc(C(=O)N3CCC(S(=O)(=O)c4ccc(OC)cc4)CC3)cc2s1. The van der Waals surface area contributed by atoms with Crippen LogP contribution in [0, 0.1) is 0 Å². The van der Waals surface area contributed by atoms with E-state index in [4.69, 9.17) is 4.74 Å². The molecule has 1 aliphatic heterocycles. The number of methoxy groups -OCH3 is 1. The minimum atomic E-state index is -3.43. The first-order chi connectivity index (χ1) is 14.4. The van der Waals surface area contributed by atoms with E-state index in [2.05, 4.69) is 11.9 Å². The maximum Gasteiger partial charge on any atom is 0.253 e. The summed E-state index contributed by atoms with van der Waals surface area (Å²) in [6.45, 7) is 2.92. The Balaban J connectivity index is 1.45. The fourth-order valence-corrected chi connectivity index (χ4v) is 6.44. The number of carbonyl (C=O) groups excluding carboxylic acids is 1. The number of thiazole rings is 1. The molecular weight excluding hydrogens is 420 g/mol. The standard InChI is InChI=1S/C22H24N2O4S2/c1-3-21-23-19-9-4-15(14-20(19)29-21)22(25)24-12-10-18(11-13-24)30(26,27)17-7-5-16(28-2)6-8-17/h4-9,14,18H,3,10-13H2,1-2H3. The van der Waals surface area contributed by atoms with E-state index in [-0.39, 0.29) is 5.91 Å². The van der Waals surface area contributed by atoms with Gasteiger partial charge in [-0.25, -0.2) is 13.4 Å². The van der Waals surface area contributed by atoms with Gasteiger partial charge < -0.3 is 9.64 Å². The third-order valence-electron chi connectivity index (χ3n) is 5.54. The molecule has 0 N–H and O–H groups in total. The number of aryl methyl sites for hydroxylation is 1. The summed E-state index contributed by atoms with van der Waals surface area (Å²) < 4.78 is 32.0. The van der Waals surface area contributed by atoms with Crippen LogP contribution in [-0.4, -0.2) is 49.7 Å². The molecule has 158 valence electrons. The van der Waals surface area contributed by atoms with Crippen LogP contribution in [0.15, 0.2) is 47.4 Å². The highest BCUT2D eigenvalue weighted by molar-refractivity contribution is 7.92. The van der Waals surface area contributed by atoms with Gasteiger partial charge in [-0.05, 0) is 61.7 Å². The molecule has 6 nitrogen and oxygen atoms in total. The Hall–Kier alpha value is -2.45. The summed E-state index contributed by atoms with van der Waals surface area (Å²) in [6, 6.07) is 12.1. The molecule has 2 aromatic carbocycles. The Kier molecular flexibility index (Phi) is 5.79. The Morgan fingerprint density at radius 2 is 1.87 bits per heavy atom. The van der Waals surface area contributed by atoms with E-state index in [0.717, 1.165) is 21.6 Å². The minimum absolute atomic E-state index is 0.0522. The van der Waals surface area contributed by atoms with Gasteiger partial charge in [-0.3, -0.25) is 4.79 Å². The molecular formula is C22H24N2O4S2. The van der Waals surface area contributed by atoms with E-state index < -0.39 is 15.1 Å². The molecule has 1 aliphatic rings. The molecule has 1 amide bonds. The molecule has 0 bridgehead atoms. The molecule has 1 aromatic heterocycles. The summed E-state index contributed by atoms with van der Waals surface area (Å²) >= 11 is 1.61. The van der Waals surface area contributed by atoms with Crippen molar-refractivity contribution in [3.8, 4) is 5.75 Å². The molecule has 0 aliphatic carbocycles. The smallest absolute Gasteiger partial charge is 0.253 e. The molecule has 3 aromatic rings. The summed E-state index contributed by atoms with van der Waals surface area (Å²) in [6.07, 6.45) is 1.74. The third-order valence-corrected chi connectivity index (χ3v) is 8.98. The number of sulfone groups is 1. The van der Waals surface area contributed by atoms with E-state index in [1.54, 1.807) is 47.6 Å². The lowest BCUT2D eigenvalue weighted by Gasteiger charge is -2.31. The van der Waals surface area contributed by atoms with Crippen LogP contribution in [0.4, 0.5) is 0 Å². The molecule has 0 spiro atoms. The number of amides is 1. The molecule has 0 unspecified atom stereocenters. The molecule has 1 fully saturated rings. The normalized spacial score (nSPS) is 15.5. The summed E-state index contributed by atoms with van der Waals surface area (Å²) in [5.74, 6) is 0.571. The number of piperidine rings is 1. The average Bonchev–Trinajstić information content (AvgIpc) is 3.21. The number of fused-ring (bicyclic) bond motifs is 1. The van der Waals surface area contributed by atoms with E-state index in [1.165, 1.54) is 0 Å². The number of hydrogen-bond donors (Lipinski definition) is 0. The van der Waals surface area contributed by atoms with Crippen molar-refractivity contribution in [2.45, 2.75) is 36.3 Å². The molecule has 0 radical (unpaired) electrons. The number of carbonyl (C=O) groups is 1. The van der Waals surface area contributed by atoms with Crippen molar-refractivity contribution in [3.63, 3.8) is 0 Å². The number of hydrogen-bond acceptors (Lipinski definition) is 6. The number of rotatable bonds is 5. The monoisotopic (exact) mass is 444 g/mol. The van der Waals surface area contributed by atoms with Gasteiger partial charge in [0.1, 0.15) is 5.75 Å². The van der Waals surface area contributed by atoms with Crippen LogP contribution >= 0.6 is 11.3 Å². The maximum atomic E-state index is 13.0. The fourth-order valence-electron chi connectivity index (χ4n) is 3.77. The summed E-state index contributed by atoms with van der Waals surface area (Å²) in [5.41, 5.74) is 1.54. The number of ether oxygens (including phenoxy) is 1. The van der Waals surface area contributed by atoms with Crippen LogP contribution in [0.3, 0.4) is 0 Å². The highest BCUT2D eigenvalue weighted by Crippen LogP contribution is 2.28. The number of nitrogens with zero attached hydrogens (tertiary/aromatic N) is 2. The molecule has 2 heterocycles. The predicted octanol–water partition coefficient (Wildman–Crippen LogP) is 3.95.